The summed E-state index contributed by atoms with van der Waals surface area (Å²) in [5.41, 5.74) is 1.85. The van der Waals surface area contributed by atoms with Crippen LogP contribution in [0.1, 0.15) is 38.3 Å². The second-order valence-corrected chi connectivity index (χ2v) is 7.64. The zero-order valence-corrected chi connectivity index (χ0v) is 16.2. The van der Waals surface area contributed by atoms with E-state index >= 15 is 0 Å². The first-order valence-corrected chi connectivity index (χ1v) is 9.55. The highest BCUT2D eigenvalue weighted by molar-refractivity contribution is 5.82. The van der Waals surface area contributed by atoms with Gasteiger partial charge in [-0.25, -0.2) is 0 Å². The minimum atomic E-state index is -0.558. The Balaban J connectivity index is 1.52. The highest BCUT2D eigenvalue weighted by Crippen LogP contribution is 2.42. The van der Waals surface area contributed by atoms with Gasteiger partial charge in [0.15, 0.2) is 5.79 Å². The summed E-state index contributed by atoms with van der Waals surface area (Å²) in [5, 5.41) is 2.48. The number of ether oxygens (including phenoxy) is 3. The van der Waals surface area contributed by atoms with E-state index in [9.17, 15) is 0 Å². The molecule has 1 aliphatic heterocycles. The van der Waals surface area contributed by atoms with Crippen molar-refractivity contribution in [1.82, 2.24) is 0 Å². The van der Waals surface area contributed by atoms with Gasteiger partial charge in [-0.3, -0.25) is 0 Å². The van der Waals surface area contributed by atoms with Crippen molar-refractivity contribution in [2.45, 2.75) is 45.2 Å². The SMILES string of the molecule is CCC1(c2cccc(OCc3ccc4ccccc4c3)c2)COC(C)(C)O1. The fraction of sp³-hybridized carbons (Fsp3) is 0.333. The maximum absolute atomic E-state index is 6.26. The van der Waals surface area contributed by atoms with E-state index in [0.29, 0.717) is 13.2 Å². The Morgan fingerprint density at radius 2 is 1.74 bits per heavy atom. The van der Waals surface area contributed by atoms with E-state index in [0.717, 1.165) is 23.3 Å². The molecule has 1 heterocycles. The van der Waals surface area contributed by atoms with Gasteiger partial charge in [0.2, 0.25) is 0 Å². The van der Waals surface area contributed by atoms with Crippen LogP contribution in [0.2, 0.25) is 0 Å². The molecule has 140 valence electrons. The Hall–Kier alpha value is -2.36. The average Bonchev–Trinajstić information content (AvgIpc) is 3.02. The molecular formula is C24H26O3. The third-order valence-electron chi connectivity index (χ3n) is 5.24. The third-order valence-corrected chi connectivity index (χ3v) is 5.24. The lowest BCUT2D eigenvalue weighted by atomic mass is 9.92. The van der Waals surface area contributed by atoms with Gasteiger partial charge in [-0.15, -0.1) is 0 Å². The van der Waals surface area contributed by atoms with E-state index in [1.807, 2.05) is 26.0 Å². The maximum Gasteiger partial charge on any atom is 0.164 e. The molecule has 0 saturated carbocycles. The molecule has 1 aliphatic rings. The second-order valence-electron chi connectivity index (χ2n) is 7.64. The van der Waals surface area contributed by atoms with Crippen molar-refractivity contribution in [2.24, 2.45) is 0 Å². The molecule has 3 nitrogen and oxygen atoms in total. The minimum absolute atomic E-state index is 0.411. The van der Waals surface area contributed by atoms with Crippen LogP contribution in [0.3, 0.4) is 0 Å². The highest BCUT2D eigenvalue weighted by Gasteiger charge is 2.45. The first-order chi connectivity index (χ1) is 13.0. The second kappa shape index (κ2) is 6.99. The number of benzene rings is 3. The molecule has 0 aliphatic carbocycles. The van der Waals surface area contributed by atoms with Crippen LogP contribution in [0.5, 0.6) is 5.75 Å². The summed E-state index contributed by atoms with van der Waals surface area (Å²) in [7, 11) is 0. The van der Waals surface area contributed by atoms with Gasteiger partial charge in [-0.1, -0.05) is 55.5 Å². The Morgan fingerprint density at radius 3 is 2.48 bits per heavy atom. The molecule has 0 N–H and O–H groups in total. The smallest absolute Gasteiger partial charge is 0.164 e. The van der Waals surface area contributed by atoms with E-state index in [1.54, 1.807) is 0 Å². The normalized spacial score (nSPS) is 21.4. The summed E-state index contributed by atoms with van der Waals surface area (Å²) < 4.78 is 18.2. The van der Waals surface area contributed by atoms with Crippen molar-refractivity contribution in [3.63, 3.8) is 0 Å². The van der Waals surface area contributed by atoms with Crippen molar-refractivity contribution < 1.29 is 14.2 Å². The molecule has 1 atom stereocenters. The molecule has 0 spiro atoms. The number of fused-ring (bicyclic) bond motifs is 1. The van der Waals surface area contributed by atoms with Crippen LogP contribution in [-0.2, 0) is 21.7 Å². The molecule has 1 unspecified atom stereocenters. The van der Waals surface area contributed by atoms with Crippen LogP contribution >= 0.6 is 0 Å². The van der Waals surface area contributed by atoms with Gasteiger partial charge in [-0.05, 0) is 60.4 Å². The van der Waals surface area contributed by atoms with Gasteiger partial charge in [0.25, 0.3) is 0 Å². The summed E-state index contributed by atoms with van der Waals surface area (Å²) in [6.07, 6.45) is 0.852. The maximum atomic E-state index is 6.26. The van der Waals surface area contributed by atoms with Crippen molar-refractivity contribution in [3.8, 4) is 5.75 Å². The Bertz CT molecular complexity index is 947. The average molecular weight is 362 g/mol. The monoisotopic (exact) mass is 362 g/mol. The van der Waals surface area contributed by atoms with Crippen LogP contribution in [0.25, 0.3) is 10.8 Å². The zero-order valence-electron chi connectivity index (χ0n) is 16.2. The Labute approximate surface area is 160 Å². The molecule has 0 amide bonds. The molecule has 4 rings (SSSR count). The summed E-state index contributed by atoms with van der Waals surface area (Å²) in [6, 6.07) is 23.0. The van der Waals surface area contributed by atoms with E-state index < -0.39 is 11.4 Å². The molecule has 27 heavy (non-hydrogen) atoms. The van der Waals surface area contributed by atoms with Crippen molar-refractivity contribution >= 4 is 10.8 Å². The van der Waals surface area contributed by atoms with E-state index in [-0.39, 0.29) is 0 Å². The van der Waals surface area contributed by atoms with Gasteiger partial charge < -0.3 is 14.2 Å². The van der Waals surface area contributed by atoms with Crippen LogP contribution in [0.15, 0.2) is 66.7 Å². The molecule has 3 aromatic rings. The quantitative estimate of drug-likeness (QED) is 0.573. The van der Waals surface area contributed by atoms with Gasteiger partial charge >= 0.3 is 0 Å². The molecule has 0 radical (unpaired) electrons. The highest BCUT2D eigenvalue weighted by atomic mass is 16.8. The van der Waals surface area contributed by atoms with E-state index in [4.69, 9.17) is 14.2 Å². The molecule has 1 saturated heterocycles. The number of rotatable bonds is 5. The molecular weight excluding hydrogens is 336 g/mol. The molecule has 3 heteroatoms. The first kappa shape index (κ1) is 18.0. The lowest BCUT2D eigenvalue weighted by Crippen LogP contribution is -2.31. The summed E-state index contributed by atoms with van der Waals surface area (Å²) in [5.74, 6) is 0.291. The van der Waals surface area contributed by atoms with Gasteiger partial charge in [-0.2, -0.15) is 0 Å². The van der Waals surface area contributed by atoms with Crippen LogP contribution in [0, 0.1) is 0 Å². The topological polar surface area (TPSA) is 27.7 Å². The standard InChI is InChI=1S/C24H26O3/c1-4-24(17-26-23(2,3)27-24)21-10-7-11-22(15-21)25-16-18-12-13-19-8-5-6-9-20(19)14-18/h5-15H,4,16-17H2,1-3H3. The van der Waals surface area contributed by atoms with Crippen molar-refractivity contribution in [3.05, 3.63) is 77.9 Å². The minimum Gasteiger partial charge on any atom is -0.489 e. The summed E-state index contributed by atoms with van der Waals surface area (Å²) in [4.78, 5) is 0. The predicted molar refractivity (Wildman–Crippen MR) is 108 cm³/mol. The molecule has 3 aromatic carbocycles. The lowest BCUT2D eigenvalue weighted by Gasteiger charge is -2.29. The zero-order chi connectivity index (χ0) is 18.9. The van der Waals surface area contributed by atoms with Gasteiger partial charge in [0, 0.05) is 0 Å². The van der Waals surface area contributed by atoms with Gasteiger partial charge in [0.05, 0.1) is 6.61 Å². The Kier molecular flexibility index (Phi) is 4.67. The number of hydrogen-bond acceptors (Lipinski definition) is 3. The van der Waals surface area contributed by atoms with Crippen molar-refractivity contribution in [2.75, 3.05) is 6.61 Å². The van der Waals surface area contributed by atoms with Crippen LogP contribution < -0.4 is 4.74 Å². The van der Waals surface area contributed by atoms with Crippen LogP contribution in [0.4, 0.5) is 0 Å². The largest absolute Gasteiger partial charge is 0.489 e. The lowest BCUT2D eigenvalue weighted by molar-refractivity contribution is -0.164. The number of hydrogen-bond donors (Lipinski definition) is 0. The fourth-order valence-corrected chi connectivity index (χ4v) is 3.70. The molecule has 0 bridgehead atoms. The Morgan fingerprint density at radius 1 is 0.926 bits per heavy atom. The van der Waals surface area contributed by atoms with Crippen molar-refractivity contribution in [1.29, 1.82) is 0 Å². The van der Waals surface area contributed by atoms with E-state index in [1.165, 1.54) is 10.8 Å². The van der Waals surface area contributed by atoms with Gasteiger partial charge in [0.1, 0.15) is 18.0 Å². The molecule has 0 aromatic heterocycles. The predicted octanol–water partition coefficient (Wildman–Crippen LogP) is 5.81. The van der Waals surface area contributed by atoms with E-state index in [2.05, 4.69) is 61.5 Å². The fourth-order valence-electron chi connectivity index (χ4n) is 3.70. The third kappa shape index (κ3) is 3.71. The molecule has 1 fully saturated rings. The summed E-state index contributed by atoms with van der Waals surface area (Å²) in [6.45, 7) is 7.16. The summed E-state index contributed by atoms with van der Waals surface area (Å²) >= 11 is 0. The van der Waals surface area contributed by atoms with Crippen LogP contribution in [-0.4, -0.2) is 12.4 Å². The first-order valence-electron chi connectivity index (χ1n) is 9.55.